The van der Waals surface area contributed by atoms with Crippen LogP contribution < -0.4 is 0 Å². The largest absolute Gasteiger partial charge is 0.295 e. The van der Waals surface area contributed by atoms with E-state index in [1.807, 2.05) is 6.92 Å². The Balaban J connectivity index is 0.000000503. The molecule has 140 valence electrons. The van der Waals surface area contributed by atoms with Gasteiger partial charge >= 0.3 is 0 Å². The number of rotatable bonds is 5. The van der Waals surface area contributed by atoms with Crippen molar-refractivity contribution in [2.45, 2.75) is 20.8 Å². The molecule has 0 aromatic heterocycles. The molecule has 0 heterocycles. The minimum atomic E-state index is -0.169. The molecule has 4 heteroatoms. The van der Waals surface area contributed by atoms with E-state index in [2.05, 4.69) is 6.58 Å². The van der Waals surface area contributed by atoms with Gasteiger partial charge in [-0.3, -0.25) is 19.2 Å². The molecule has 0 aromatic rings. The van der Waals surface area contributed by atoms with Gasteiger partial charge in [0.15, 0.2) is 23.1 Å². The standard InChI is InChI=1S/C12H12O2.C11H12O2/c1-9-4-3-5-11(13)6-7-12(14)10(2)8-9;1-3-11(13)9-7-5-4-6-8-10(2)12/h3-8H,1-2H3;3-9H,1H2,2H3/b5-3+,7-6-,9-4-,10-8+;5-4-,8-6+,9-7+. The zero-order valence-corrected chi connectivity index (χ0v) is 15.8. The second kappa shape index (κ2) is 13.8. The van der Waals surface area contributed by atoms with E-state index in [-0.39, 0.29) is 23.1 Å². The van der Waals surface area contributed by atoms with Crippen molar-refractivity contribution in [3.63, 3.8) is 0 Å². The lowest BCUT2D eigenvalue weighted by Gasteiger charge is -1.97. The molecule has 0 atom stereocenters. The number of allylic oxidation sites excluding steroid dienone is 15. The molecule has 0 saturated carbocycles. The minimum absolute atomic E-state index is 0.00389. The maximum absolute atomic E-state index is 11.4. The van der Waals surface area contributed by atoms with Gasteiger partial charge in [0.25, 0.3) is 0 Å². The third-order valence-corrected chi connectivity index (χ3v) is 2.98. The molecular formula is C23H24O4. The maximum atomic E-state index is 11.4. The molecular weight excluding hydrogens is 340 g/mol. The predicted octanol–water partition coefficient (Wildman–Crippen LogP) is 4.14. The van der Waals surface area contributed by atoms with Crippen molar-refractivity contribution in [3.05, 3.63) is 96.7 Å². The number of carbonyl (C=O) groups excluding carboxylic acids is 4. The molecule has 1 rings (SSSR count). The fourth-order valence-electron chi connectivity index (χ4n) is 1.64. The van der Waals surface area contributed by atoms with Crippen LogP contribution >= 0.6 is 0 Å². The Morgan fingerprint density at radius 1 is 0.926 bits per heavy atom. The quantitative estimate of drug-likeness (QED) is 0.543. The molecule has 27 heavy (non-hydrogen) atoms. The van der Waals surface area contributed by atoms with E-state index >= 15 is 0 Å². The Morgan fingerprint density at radius 3 is 2.15 bits per heavy atom. The number of ketones is 4. The predicted molar refractivity (Wildman–Crippen MR) is 109 cm³/mol. The summed E-state index contributed by atoms with van der Waals surface area (Å²) in [6, 6.07) is 0. The summed E-state index contributed by atoms with van der Waals surface area (Å²) < 4.78 is 0. The van der Waals surface area contributed by atoms with Gasteiger partial charge in [-0.2, -0.15) is 0 Å². The van der Waals surface area contributed by atoms with Crippen LogP contribution in [0.2, 0.25) is 0 Å². The molecule has 0 N–H and O–H groups in total. The minimum Gasteiger partial charge on any atom is -0.295 e. The molecule has 0 amide bonds. The second-order valence-corrected chi connectivity index (χ2v) is 5.52. The lowest BCUT2D eigenvalue weighted by molar-refractivity contribution is -0.113. The average Bonchev–Trinajstić information content (AvgIpc) is 2.61. The van der Waals surface area contributed by atoms with Crippen molar-refractivity contribution in [1.82, 2.24) is 0 Å². The van der Waals surface area contributed by atoms with E-state index in [0.717, 1.165) is 5.57 Å². The zero-order chi connectivity index (χ0) is 20.7. The first-order chi connectivity index (χ1) is 12.8. The van der Waals surface area contributed by atoms with E-state index in [0.29, 0.717) is 5.57 Å². The third-order valence-electron chi connectivity index (χ3n) is 2.98. The molecule has 0 aliphatic heterocycles. The summed E-state index contributed by atoms with van der Waals surface area (Å²) in [6.45, 7) is 8.41. The van der Waals surface area contributed by atoms with Crippen molar-refractivity contribution < 1.29 is 19.2 Å². The lowest BCUT2D eigenvalue weighted by atomic mass is 10.1. The van der Waals surface area contributed by atoms with E-state index in [1.54, 1.807) is 49.5 Å². The number of hydrogen-bond acceptors (Lipinski definition) is 4. The fraction of sp³-hybridized carbons (Fsp3) is 0.130. The Labute approximate surface area is 160 Å². The summed E-state index contributed by atoms with van der Waals surface area (Å²) in [7, 11) is 0. The summed E-state index contributed by atoms with van der Waals surface area (Å²) >= 11 is 0. The van der Waals surface area contributed by atoms with Crippen LogP contribution in [0.3, 0.4) is 0 Å². The van der Waals surface area contributed by atoms with Crippen LogP contribution in [0.15, 0.2) is 96.7 Å². The molecule has 0 aromatic carbocycles. The zero-order valence-electron chi connectivity index (χ0n) is 15.8. The summed E-state index contributed by atoms with van der Waals surface area (Å²) in [5, 5.41) is 0. The van der Waals surface area contributed by atoms with Gasteiger partial charge in [-0.15, -0.1) is 0 Å². The first-order valence-corrected chi connectivity index (χ1v) is 8.24. The number of carbonyl (C=O) groups is 4. The summed E-state index contributed by atoms with van der Waals surface area (Å²) in [5.74, 6) is -0.436. The monoisotopic (exact) mass is 364 g/mol. The SMILES string of the molecule is C=CC(=O)/C=C/C=C\C=C\C(C)=O.CC1=C/C=C/C(=O)/C=C\C(=O)\C(C)=C\1. The molecule has 0 unspecified atom stereocenters. The van der Waals surface area contributed by atoms with Gasteiger partial charge in [0, 0.05) is 0 Å². The van der Waals surface area contributed by atoms with E-state index in [9.17, 15) is 19.2 Å². The van der Waals surface area contributed by atoms with Gasteiger partial charge in [0.05, 0.1) is 0 Å². The molecule has 4 nitrogen and oxygen atoms in total. The van der Waals surface area contributed by atoms with E-state index < -0.39 is 0 Å². The van der Waals surface area contributed by atoms with Crippen molar-refractivity contribution >= 4 is 23.1 Å². The summed E-state index contributed by atoms with van der Waals surface area (Å²) in [6.07, 6.45) is 19.9. The van der Waals surface area contributed by atoms with Gasteiger partial charge in [-0.25, -0.2) is 0 Å². The highest BCUT2D eigenvalue weighted by atomic mass is 16.1. The molecule has 0 saturated heterocycles. The van der Waals surface area contributed by atoms with E-state index in [1.165, 1.54) is 43.4 Å². The van der Waals surface area contributed by atoms with Crippen molar-refractivity contribution in [2.75, 3.05) is 0 Å². The highest BCUT2D eigenvalue weighted by Crippen LogP contribution is 2.05. The third kappa shape index (κ3) is 13.6. The van der Waals surface area contributed by atoms with Gasteiger partial charge in [-0.05, 0) is 62.8 Å². The van der Waals surface area contributed by atoms with Gasteiger partial charge in [-0.1, -0.05) is 54.7 Å². The van der Waals surface area contributed by atoms with Crippen LogP contribution in [0.4, 0.5) is 0 Å². The highest BCUT2D eigenvalue weighted by Gasteiger charge is 2.01. The van der Waals surface area contributed by atoms with Crippen LogP contribution in [0.1, 0.15) is 20.8 Å². The topological polar surface area (TPSA) is 68.3 Å². The summed E-state index contributed by atoms with van der Waals surface area (Å²) in [5.41, 5.74) is 1.59. The Bertz CT molecular complexity index is 794. The molecule has 0 spiro atoms. The maximum Gasteiger partial charge on any atom is 0.181 e. The fourth-order valence-corrected chi connectivity index (χ4v) is 1.64. The van der Waals surface area contributed by atoms with Crippen LogP contribution in [0, 0.1) is 0 Å². The lowest BCUT2D eigenvalue weighted by Crippen LogP contribution is -1.97. The Morgan fingerprint density at radius 2 is 1.56 bits per heavy atom. The van der Waals surface area contributed by atoms with Crippen LogP contribution in [-0.4, -0.2) is 23.1 Å². The van der Waals surface area contributed by atoms with E-state index in [4.69, 9.17) is 0 Å². The van der Waals surface area contributed by atoms with Crippen LogP contribution in [0.25, 0.3) is 0 Å². The van der Waals surface area contributed by atoms with Gasteiger partial charge in [0.2, 0.25) is 0 Å². The number of hydrogen-bond donors (Lipinski definition) is 0. The van der Waals surface area contributed by atoms with Crippen LogP contribution in [0.5, 0.6) is 0 Å². The highest BCUT2D eigenvalue weighted by molar-refractivity contribution is 6.09. The Kier molecular flexibility index (Phi) is 12.1. The molecule has 1 aliphatic carbocycles. The average molecular weight is 364 g/mol. The van der Waals surface area contributed by atoms with Gasteiger partial charge in [0.1, 0.15) is 0 Å². The Hall–Kier alpha value is -3.40. The molecule has 0 bridgehead atoms. The van der Waals surface area contributed by atoms with Gasteiger partial charge < -0.3 is 0 Å². The smallest absolute Gasteiger partial charge is 0.181 e. The molecule has 0 fully saturated rings. The van der Waals surface area contributed by atoms with Crippen molar-refractivity contribution in [1.29, 1.82) is 0 Å². The second-order valence-electron chi connectivity index (χ2n) is 5.52. The van der Waals surface area contributed by atoms with Crippen molar-refractivity contribution in [2.24, 2.45) is 0 Å². The normalized spacial score (nSPS) is 21.0. The first kappa shape index (κ1) is 23.6. The summed E-state index contributed by atoms with van der Waals surface area (Å²) in [4.78, 5) is 43.5. The first-order valence-electron chi connectivity index (χ1n) is 8.24. The molecule has 1 aliphatic rings. The van der Waals surface area contributed by atoms with Crippen LogP contribution in [-0.2, 0) is 19.2 Å². The molecule has 0 radical (unpaired) electrons. The van der Waals surface area contributed by atoms with Crippen molar-refractivity contribution in [3.8, 4) is 0 Å².